The first-order valence-electron chi connectivity index (χ1n) is 9.22. The average Bonchev–Trinajstić information content (AvgIpc) is 2.69. The van der Waals surface area contributed by atoms with Gasteiger partial charge in [0.2, 0.25) is 0 Å². The van der Waals surface area contributed by atoms with Gasteiger partial charge in [0.05, 0.1) is 16.1 Å². The number of carbonyl (C=O) groups is 1. The summed E-state index contributed by atoms with van der Waals surface area (Å²) in [7, 11) is -3.79. The molecule has 0 amide bonds. The van der Waals surface area contributed by atoms with Gasteiger partial charge in [-0.15, -0.1) is 0 Å². The first kappa shape index (κ1) is 20.5. The van der Waals surface area contributed by atoms with Crippen LogP contribution in [0.1, 0.15) is 29.3 Å². The zero-order valence-electron chi connectivity index (χ0n) is 15.7. The van der Waals surface area contributed by atoms with Gasteiger partial charge in [-0.05, 0) is 42.3 Å². The Morgan fingerprint density at radius 2 is 1.82 bits per heavy atom. The minimum atomic E-state index is -3.79. The number of thioether (sulfide) groups is 1. The van der Waals surface area contributed by atoms with Crippen molar-refractivity contribution in [2.24, 2.45) is 0 Å². The molecule has 0 saturated carbocycles. The van der Waals surface area contributed by atoms with Crippen LogP contribution >= 0.6 is 11.8 Å². The van der Waals surface area contributed by atoms with Crippen LogP contribution in [0.2, 0.25) is 0 Å². The lowest BCUT2D eigenvalue weighted by Crippen LogP contribution is -2.33. The number of nitrogens with zero attached hydrogens (tertiary/aromatic N) is 1. The van der Waals surface area contributed by atoms with Crippen molar-refractivity contribution in [1.29, 1.82) is 0 Å². The number of sulfonamides is 1. The van der Waals surface area contributed by atoms with Crippen molar-refractivity contribution in [3.05, 3.63) is 53.6 Å². The highest BCUT2D eigenvalue weighted by Gasteiger charge is 2.21. The molecule has 0 unspecified atom stereocenters. The Labute approximate surface area is 170 Å². The average molecular weight is 421 g/mol. The maximum atomic E-state index is 12.7. The van der Waals surface area contributed by atoms with Crippen molar-refractivity contribution >= 4 is 39.1 Å². The number of nitrogens with one attached hydrogen (secondary N) is 1. The van der Waals surface area contributed by atoms with Gasteiger partial charge < -0.3 is 10.0 Å². The standard InChI is InChI=1S/C20H24N2O4S2/c1-2-3-15-4-7-17(8-5-15)28(25,26)21-16-6-9-19(18(14-16)20(23)24)22-10-12-27-13-11-22/h4-9,14,21H,2-3,10-13H2,1H3,(H,23,24). The van der Waals surface area contributed by atoms with E-state index in [9.17, 15) is 18.3 Å². The van der Waals surface area contributed by atoms with E-state index < -0.39 is 16.0 Å². The monoisotopic (exact) mass is 420 g/mol. The fourth-order valence-corrected chi connectivity index (χ4v) is 5.14. The van der Waals surface area contributed by atoms with E-state index in [4.69, 9.17) is 0 Å². The Kier molecular flexibility index (Phi) is 6.51. The number of hydrogen-bond donors (Lipinski definition) is 2. The molecule has 3 rings (SSSR count). The van der Waals surface area contributed by atoms with Crippen molar-refractivity contribution in [2.75, 3.05) is 34.2 Å². The summed E-state index contributed by atoms with van der Waals surface area (Å²) in [6, 6.07) is 11.4. The SMILES string of the molecule is CCCc1ccc(S(=O)(=O)Nc2ccc(N3CCSCC3)c(C(=O)O)c2)cc1. The van der Waals surface area contributed by atoms with E-state index in [2.05, 4.69) is 11.6 Å². The molecule has 0 radical (unpaired) electrons. The number of aryl methyl sites for hydroxylation is 1. The van der Waals surface area contributed by atoms with Crippen LogP contribution in [0, 0.1) is 0 Å². The number of benzene rings is 2. The van der Waals surface area contributed by atoms with Crippen LogP contribution < -0.4 is 9.62 Å². The highest BCUT2D eigenvalue weighted by atomic mass is 32.2. The maximum absolute atomic E-state index is 12.7. The summed E-state index contributed by atoms with van der Waals surface area (Å²) < 4.78 is 27.8. The van der Waals surface area contributed by atoms with E-state index in [1.54, 1.807) is 36.4 Å². The first-order chi connectivity index (χ1) is 13.4. The second kappa shape index (κ2) is 8.87. The highest BCUT2D eigenvalue weighted by molar-refractivity contribution is 7.99. The number of carboxylic acids is 1. The molecule has 1 aliphatic heterocycles. The lowest BCUT2D eigenvalue weighted by molar-refractivity contribution is 0.0697. The van der Waals surface area contributed by atoms with Crippen molar-refractivity contribution in [1.82, 2.24) is 0 Å². The van der Waals surface area contributed by atoms with Gasteiger partial charge in [-0.1, -0.05) is 25.5 Å². The van der Waals surface area contributed by atoms with E-state index in [1.165, 1.54) is 6.07 Å². The molecular formula is C20H24N2O4S2. The van der Waals surface area contributed by atoms with Gasteiger partial charge in [-0.25, -0.2) is 13.2 Å². The minimum Gasteiger partial charge on any atom is -0.478 e. The van der Waals surface area contributed by atoms with Crippen molar-refractivity contribution in [3.63, 3.8) is 0 Å². The van der Waals surface area contributed by atoms with E-state index in [1.807, 2.05) is 16.7 Å². The molecule has 0 bridgehead atoms. The Morgan fingerprint density at radius 3 is 2.43 bits per heavy atom. The summed E-state index contributed by atoms with van der Waals surface area (Å²) in [6.07, 6.45) is 1.89. The predicted octanol–water partition coefficient (Wildman–Crippen LogP) is 3.69. The van der Waals surface area contributed by atoms with E-state index in [-0.39, 0.29) is 16.1 Å². The molecule has 0 aromatic heterocycles. The normalized spacial score (nSPS) is 14.7. The third-order valence-electron chi connectivity index (χ3n) is 4.60. The van der Waals surface area contributed by atoms with Crippen LogP contribution in [0.15, 0.2) is 47.4 Å². The molecule has 2 aromatic carbocycles. The third-order valence-corrected chi connectivity index (χ3v) is 6.94. The Bertz CT molecular complexity index is 937. The van der Waals surface area contributed by atoms with Crippen LogP contribution in [0.5, 0.6) is 0 Å². The fourth-order valence-electron chi connectivity index (χ4n) is 3.19. The molecule has 28 heavy (non-hydrogen) atoms. The van der Waals surface area contributed by atoms with Crippen LogP contribution in [-0.2, 0) is 16.4 Å². The van der Waals surface area contributed by atoms with Crippen LogP contribution in [0.4, 0.5) is 11.4 Å². The van der Waals surface area contributed by atoms with Crippen LogP contribution in [0.25, 0.3) is 0 Å². The van der Waals surface area contributed by atoms with E-state index >= 15 is 0 Å². The van der Waals surface area contributed by atoms with Gasteiger partial charge in [0.15, 0.2) is 0 Å². The summed E-state index contributed by atoms with van der Waals surface area (Å²) in [6.45, 7) is 3.62. The maximum Gasteiger partial charge on any atom is 0.337 e. The second-order valence-electron chi connectivity index (χ2n) is 6.64. The minimum absolute atomic E-state index is 0.102. The van der Waals surface area contributed by atoms with Gasteiger partial charge in [0.1, 0.15) is 0 Å². The molecule has 2 N–H and O–H groups in total. The first-order valence-corrected chi connectivity index (χ1v) is 11.9. The molecule has 0 aliphatic carbocycles. The summed E-state index contributed by atoms with van der Waals surface area (Å²) in [4.78, 5) is 13.9. The van der Waals surface area contributed by atoms with Crippen LogP contribution in [-0.4, -0.2) is 44.1 Å². The molecule has 1 fully saturated rings. The van der Waals surface area contributed by atoms with Gasteiger partial charge in [0.25, 0.3) is 10.0 Å². The number of aromatic carboxylic acids is 1. The molecule has 1 heterocycles. The molecule has 6 nitrogen and oxygen atoms in total. The summed E-state index contributed by atoms with van der Waals surface area (Å²) in [5.41, 5.74) is 2.05. The van der Waals surface area contributed by atoms with Gasteiger partial charge in [-0.2, -0.15) is 11.8 Å². The number of rotatable bonds is 7. The molecule has 0 atom stereocenters. The molecule has 2 aromatic rings. The molecule has 1 aliphatic rings. The van der Waals surface area contributed by atoms with E-state index in [0.29, 0.717) is 5.69 Å². The highest BCUT2D eigenvalue weighted by Crippen LogP contribution is 2.28. The van der Waals surface area contributed by atoms with Crippen LogP contribution in [0.3, 0.4) is 0 Å². The summed E-state index contributed by atoms with van der Waals surface area (Å²) >= 11 is 1.84. The van der Waals surface area contributed by atoms with Gasteiger partial charge >= 0.3 is 5.97 Å². The fraction of sp³-hybridized carbons (Fsp3) is 0.350. The Balaban J connectivity index is 1.84. The molecular weight excluding hydrogens is 396 g/mol. The number of carboxylic acid groups (broad SMARTS) is 1. The molecule has 8 heteroatoms. The third kappa shape index (κ3) is 4.80. The smallest absolute Gasteiger partial charge is 0.337 e. The number of hydrogen-bond acceptors (Lipinski definition) is 5. The molecule has 150 valence electrons. The second-order valence-corrected chi connectivity index (χ2v) is 9.54. The summed E-state index contributed by atoms with van der Waals surface area (Å²) in [5.74, 6) is 0.821. The summed E-state index contributed by atoms with van der Waals surface area (Å²) in [5, 5.41) is 9.61. The number of anilines is 2. The largest absolute Gasteiger partial charge is 0.478 e. The lowest BCUT2D eigenvalue weighted by Gasteiger charge is -2.29. The Morgan fingerprint density at radius 1 is 1.14 bits per heavy atom. The van der Waals surface area contributed by atoms with Crippen molar-refractivity contribution in [2.45, 2.75) is 24.7 Å². The predicted molar refractivity (Wildman–Crippen MR) is 114 cm³/mol. The van der Waals surface area contributed by atoms with Gasteiger partial charge in [-0.3, -0.25) is 4.72 Å². The van der Waals surface area contributed by atoms with Crippen molar-refractivity contribution < 1.29 is 18.3 Å². The van der Waals surface area contributed by atoms with Crippen molar-refractivity contribution in [3.8, 4) is 0 Å². The molecule has 1 saturated heterocycles. The topological polar surface area (TPSA) is 86.7 Å². The van der Waals surface area contributed by atoms with E-state index in [0.717, 1.165) is 43.0 Å². The Hall–Kier alpha value is -2.19. The van der Waals surface area contributed by atoms with Gasteiger partial charge in [0, 0.05) is 30.3 Å². The quantitative estimate of drug-likeness (QED) is 0.710. The zero-order chi connectivity index (χ0) is 20.1. The zero-order valence-corrected chi connectivity index (χ0v) is 17.4. The lowest BCUT2D eigenvalue weighted by atomic mass is 10.1. The molecule has 0 spiro atoms.